The highest BCUT2D eigenvalue weighted by Crippen LogP contribution is 2.54. The van der Waals surface area contributed by atoms with E-state index in [9.17, 15) is 10.1 Å². The molecule has 0 saturated heterocycles. The molecule has 1 fully saturated rings. The number of alkyl halides is 2. The molecule has 27 heavy (non-hydrogen) atoms. The summed E-state index contributed by atoms with van der Waals surface area (Å²) in [6.45, 7) is 0. The molecule has 1 aromatic heterocycles. The first kappa shape index (κ1) is 18.3. The summed E-state index contributed by atoms with van der Waals surface area (Å²) in [5.41, 5.74) is 1.70. The molecule has 0 spiro atoms. The standard InChI is InChI=1S/C18H14Cl2N4O2S/c19-18(20)10-13(18)11-27-17-22-21-16(23(17)14-4-2-1-3-5-14)12-6-8-15(9-7-12)24(25)26/h1-9,13H,10-11H2/t13-/m1/s1. The Morgan fingerprint density at radius 1 is 1.15 bits per heavy atom. The number of benzene rings is 2. The zero-order chi connectivity index (χ0) is 19.0. The summed E-state index contributed by atoms with van der Waals surface area (Å²) in [6, 6.07) is 16.0. The van der Waals surface area contributed by atoms with Gasteiger partial charge in [-0.25, -0.2) is 0 Å². The predicted molar refractivity (Wildman–Crippen MR) is 107 cm³/mol. The Morgan fingerprint density at radius 3 is 2.41 bits per heavy atom. The normalized spacial score (nSPS) is 17.6. The second-order valence-corrected chi connectivity index (χ2v) is 8.78. The maximum atomic E-state index is 10.9. The quantitative estimate of drug-likeness (QED) is 0.239. The van der Waals surface area contributed by atoms with Crippen LogP contribution in [-0.4, -0.2) is 29.8 Å². The van der Waals surface area contributed by atoms with Crippen LogP contribution in [0.3, 0.4) is 0 Å². The maximum absolute atomic E-state index is 10.9. The lowest BCUT2D eigenvalue weighted by Crippen LogP contribution is -2.01. The van der Waals surface area contributed by atoms with Crippen LogP contribution in [0.4, 0.5) is 5.69 Å². The maximum Gasteiger partial charge on any atom is 0.269 e. The van der Waals surface area contributed by atoms with Crippen molar-refractivity contribution in [2.75, 3.05) is 5.75 Å². The molecule has 138 valence electrons. The third-order valence-electron chi connectivity index (χ3n) is 4.35. The van der Waals surface area contributed by atoms with Gasteiger partial charge in [0.05, 0.1) is 4.92 Å². The van der Waals surface area contributed by atoms with Crippen molar-refractivity contribution in [3.63, 3.8) is 0 Å². The van der Waals surface area contributed by atoms with Gasteiger partial charge in [-0.15, -0.1) is 33.4 Å². The summed E-state index contributed by atoms with van der Waals surface area (Å²) < 4.78 is 1.31. The molecular weight excluding hydrogens is 407 g/mol. The van der Waals surface area contributed by atoms with Crippen molar-refractivity contribution in [1.82, 2.24) is 14.8 Å². The molecule has 0 unspecified atom stereocenters. The number of halogens is 2. The van der Waals surface area contributed by atoms with E-state index < -0.39 is 9.26 Å². The first-order chi connectivity index (χ1) is 13.0. The molecule has 0 amide bonds. The number of hydrogen-bond donors (Lipinski definition) is 0. The highest BCUT2D eigenvalue weighted by Gasteiger charge is 2.51. The summed E-state index contributed by atoms with van der Waals surface area (Å²) in [5.74, 6) is 1.60. The number of para-hydroxylation sites is 1. The molecule has 2 aromatic carbocycles. The lowest BCUT2D eigenvalue weighted by atomic mass is 10.2. The number of nitro benzene ring substituents is 1. The van der Waals surface area contributed by atoms with Gasteiger partial charge in [0.15, 0.2) is 11.0 Å². The average Bonchev–Trinajstić information content (AvgIpc) is 3.09. The molecule has 1 heterocycles. The number of rotatable bonds is 6. The van der Waals surface area contributed by atoms with Gasteiger partial charge in [0.1, 0.15) is 4.33 Å². The molecule has 9 heteroatoms. The third-order valence-corrected chi connectivity index (χ3v) is 6.37. The van der Waals surface area contributed by atoms with E-state index in [1.165, 1.54) is 12.1 Å². The van der Waals surface area contributed by atoms with Gasteiger partial charge in [0.25, 0.3) is 5.69 Å². The Labute approximate surface area is 169 Å². The number of non-ortho nitro benzene ring substituents is 1. The van der Waals surface area contributed by atoms with Crippen molar-refractivity contribution in [2.45, 2.75) is 15.9 Å². The van der Waals surface area contributed by atoms with Crippen LogP contribution in [-0.2, 0) is 0 Å². The van der Waals surface area contributed by atoms with E-state index in [0.717, 1.165) is 28.6 Å². The van der Waals surface area contributed by atoms with Crippen LogP contribution in [0.15, 0.2) is 59.8 Å². The van der Waals surface area contributed by atoms with Gasteiger partial charge in [-0.05, 0) is 30.7 Å². The molecule has 1 aliphatic carbocycles. The molecule has 3 aromatic rings. The second kappa shape index (κ2) is 7.14. The van der Waals surface area contributed by atoms with E-state index in [1.807, 2.05) is 34.9 Å². The van der Waals surface area contributed by atoms with Gasteiger partial charge in [-0.3, -0.25) is 14.7 Å². The van der Waals surface area contributed by atoms with Crippen LogP contribution in [0.2, 0.25) is 0 Å². The molecule has 0 aliphatic heterocycles. The van der Waals surface area contributed by atoms with Crippen molar-refractivity contribution in [3.8, 4) is 17.1 Å². The first-order valence-electron chi connectivity index (χ1n) is 8.22. The van der Waals surface area contributed by atoms with Crippen LogP contribution in [0.25, 0.3) is 17.1 Å². The molecule has 0 N–H and O–H groups in total. The summed E-state index contributed by atoms with van der Waals surface area (Å²) in [6.07, 6.45) is 0.776. The van der Waals surface area contributed by atoms with Gasteiger partial charge in [-0.1, -0.05) is 30.0 Å². The summed E-state index contributed by atoms with van der Waals surface area (Å²) in [5, 5.41) is 20.3. The molecule has 0 radical (unpaired) electrons. The minimum absolute atomic E-state index is 0.0356. The lowest BCUT2D eigenvalue weighted by Gasteiger charge is -2.10. The Morgan fingerprint density at radius 2 is 1.81 bits per heavy atom. The Kier molecular flexibility index (Phi) is 4.84. The van der Waals surface area contributed by atoms with Crippen LogP contribution < -0.4 is 0 Å². The SMILES string of the molecule is O=[N+]([O-])c1ccc(-c2nnc(SC[C@H]3CC3(Cl)Cl)n2-c2ccccc2)cc1. The highest BCUT2D eigenvalue weighted by atomic mass is 35.5. The zero-order valence-electron chi connectivity index (χ0n) is 14.0. The van der Waals surface area contributed by atoms with Crippen molar-refractivity contribution in [3.05, 3.63) is 64.7 Å². The summed E-state index contributed by atoms with van der Waals surface area (Å²) >= 11 is 13.8. The third kappa shape index (κ3) is 3.81. The number of hydrogen-bond acceptors (Lipinski definition) is 5. The molecule has 0 bridgehead atoms. The van der Waals surface area contributed by atoms with Gasteiger partial charge in [-0.2, -0.15) is 0 Å². The highest BCUT2D eigenvalue weighted by molar-refractivity contribution is 7.99. The minimum atomic E-state index is -0.633. The number of aromatic nitrogens is 3. The molecule has 1 saturated carbocycles. The van der Waals surface area contributed by atoms with Gasteiger partial charge in [0, 0.05) is 35.1 Å². The second-order valence-electron chi connectivity index (χ2n) is 6.25. The van der Waals surface area contributed by atoms with Gasteiger partial charge < -0.3 is 0 Å². The van der Waals surface area contributed by atoms with E-state index in [-0.39, 0.29) is 11.6 Å². The van der Waals surface area contributed by atoms with Crippen molar-refractivity contribution < 1.29 is 4.92 Å². The monoisotopic (exact) mass is 420 g/mol. The summed E-state index contributed by atoms with van der Waals surface area (Å²) in [7, 11) is 0. The smallest absolute Gasteiger partial charge is 0.269 e. The molecule has 4 rings (SSSR count). The number of thioether (sulfide) groups is 1. The topological polar surface area (TPSA) is 73.8 Å². The number of nitrogens with zero attached hydrogens (tertiary/aromatic N) is 4. The minimum Gasteiger partial charge on any atom is -0.270 e. The first-order valence-corrected chi connectivity index (χ1v) is 9.96. The lowest BCUT2D eigenvalue weighted by molar-refractivity contribution is -0.384. The van der Waals surface area contributed by atoms with E-state index >= 15 is 0 Å². The zero-order valence-corrected chi connectivity index (χ0v) is 16.3. The fourth-order valence-electron chi connectivity index (χ4n) is 2.72. The van der Waals surface area contributed by atoms with E-state index in [0.29, 0.717) is 5.82 Å². The van der Waals surface area contributed by atoms with Crippen LogP contribution in [0.1, 0.15) is 6.42 Å². The largest absolute Gasteiger partial charge is 0.270 e. The van der Waals surface area contributed by atoms with E-state index in [4.69, 9.17) is 23.2 Å². The molecule has 1 aliphatic rings. The summed E-state index contributed by atoms with van der Waals surface area (Å²) in [4.78, 5) is 10.5. The molecule has 1 atom stereocenters. The average molecular weight is 421 g/mol. The van der Waals surface area contributed by atoms with Gasteiger partial charge in [0.2, 0.25) is 0 Å². The number of nitro groups is 1. The Hall–Kier alpha value is -2.09. The van der Waals surface area contributed by atoms with Crippen LogP contribution in [0, 0.1) is 16.0 Å². The van der Waals surface area contributed by atoms with Crippen molar-refractivity contribution in [1.29, 1.82) is 0 Å². The van der Waals surface area contributed by atoms with Crippen LogP contribution in [0.5, 0.6) is 0 Å². The van der Waals surface area contributed by atoms with Crippen LogP contribution >= 0.6 is 35.0 Å². The Bertz CT molecular complexity index is 977. The molecule has 6 nitrogen and oxygen atoms in total. The van der Waals surface area contributed by atoms with Crippen molar-refractivity contribution >= 4 is 40.7 Å². The predicted octanol–water partition coefficient (Wildman–Crippen LogP) is 5.13. The Balaban J connectivity index is 1.69. The van der Waals surface area contributed by atoms with Gasteiger partial charge >= 0.3 is 0 Å². The van der Waals surface area contributed by atoms with E-state index in [1.54, 1.807) is 23.9 Å². The van der Waals surface area contributed by atoms with Crippen molar-refractivity contribution in [2.24, 2.45) is 5.92 Å². The van der Waals surface area contributed by atoms with E-state index in [2.05, 4.69) is 10.2 Å². The fourth-order valence-corrected chi connectivity index (χ4v) is 4.60. The fraction of sp³-hybridized carbons (Fsp3) is 0.222. The molecular formula is C18H14Cl2N4O2S.